The maximum atomic E-state index is 6.89. The monoisotopic (exact) mass is 327 g/mol. The zero-order chi connectivity index (χ0) is 17.3. The Balaban J connectivity index is 1.87. The maximum absolute atomic E-state index is 6.89. The molecule has 0 aliphatic carbocycles. The molecule has 0 bridgehead atoms. The number of hydrazone groups is 1. The normalized spacial score (nSPS) is 22.7. The summed E-state index contributed by atoms with van der Waals surface area (Å²) >= 11 is 0. The molecule has 3 aromatic carbocycles. The molecule has 2 atom stereocenters. The van der Waals surface area contributed by atoms with Crippen LogP contribution in [0.5, 0.6) is 0 Å². The molecule has 3 heteroatoms. The van der Waals surface area contributed by atoms with Gasteiger partial charge in [-0.3, -0.25) is 5.01 Å². The van der Waals surface area contributed by atoms with Gasteiger partial charge in [0.2, 0.25) is 0 Å². The number of hydrogen-bond donors (Lipinski definition) is 1. The lowest BCUT2D eigenvalue weighted by atomic mass is 9.82. The predicted octanol–water partition coefficient (Wildman–Crippen LogP) is 4.37. The van der Waals surface area contributed by atoms with Gasteiger partial charge in [0, 0.05) is 0 Å². The topological polar surface area (TPSA) is 41.6 Å². The summed E-state index contributed by atoms with van der Waals surface area (Å²) in [4.78, 5) is 0. The van der Waals surface area contributed by atoms with E-state index in [0.717, 1.165) is 22.5 Å². The van der Waals surface area contributed by atoms with Crippen LogP contribution in [0.15, 0.2) is 96.1 Å². The van der Waals surface area contributed by atoms with Crippen molar-refractivity contribution in [1.82, 2.24) is 0 Å². The molecule has 2 unspecified atom stereocenters. The number of anilines is 1. The Bertz CT molecular complexity index is 871. The minimum absolute atomic E-state index is 0.0636. The van der Waals surface area contributed by atoms with E-state index >= 15 is 0 Å². The number of rotatable bonds is 3. The van der Waals surface area contributed by atoms with Crippen LogP contribution < -0.4 is 10.7 Å². The van der Waals surface area contributed by atoms with Crippen LogP contribution in [0.25, 0.3) is 0 Å². The fourth-order valence-electron chi connectivity index (χ4n) is 3.53. The largest absolute Gasteiger partial charge is 0.318 e. The third-order valence-corrected chi connectivity index (χ3v) is 4.71. The molecule has 25 heavy (non-hydrogen) atoms. The van der Waals surface area contributed by atoms with Crippen molar-refractivity contribution in [3.8, 4) is 0 Å². The van der Waals surface area contributed by atoms with Gasteiger partial charge < -0.3 is 5.73 Å². The summed E-state index contributed by atoms with van der Waals surface area (Å²) in [6.07, 6.45) is 0. The van der Waals surface area contributed by atoms with Crippen LogP contribution in [-0.2, 0) is 0 Å². The Labute approximate surface area is 148 Å². The molecule has 3 nitrogen and oxygen atoms in total. The van der Waals surface area contributed by atoms with Crippen molar-refractivity contribution in [3.05, 3.63) is 102 Å². The van der Waals surface area contributed by atoms with Gasteiger partial charge in [0.1, 0.15) is 6.04 Å². The van der Waals surface area contributed by atoms with Crippen molar-refractivity contribution in [2.75, 3.05) is 5.01 Å². The molecule has 3 aromatic rings. The molecule has 124 valence electrons. The van der Waals surface area contributed by atoms with E-state index in [1.54, 1.807) is 0 Å². The van der Waals surface area contributed by atoms with E-state index < -0.39 is 5.54 Å². The summed E-state index contributed by atoms with van der Waals surface area (Å²) in [5.41, 5.74) is 10.4. The number of nitrogens with zero attached hydrogens (tertiary/aromatic N) is 2. The second kappa shape index (κ2) is 6.19. The van der Waals surface area contributed by atoms with Crippen LogP contribution >= 0.6 is 0 Å². The smallest absolute Gasteiger partial charge is 0.101 e. The number of nitrogens with two attached hydrogens (primary N) is 1. The lowest BCUT2D eigenvalue weighted by molar-refractivity contribution is 0.505. The molecule has 4 rings (SSSR count). The highest BCUT2D eigenvalue weighted by Gasteiger charge is 2.46. The lowest BCUT2D eigenvalue weighted by Gasteiger charge is -2.33. The van der Waals surface area contributed by atoms with Crippen molar-refractivity contribution < 1.29 is 0 Å². The summed E-state index contributed by atoms with van der Waals surface area (Å²) in [5, 5.41) is 7.02. The second-order valence-corrected chi connectivity index (χ2v) is 6.59. The van der Waals surface area contributed by atoms with Crippen LogP contribution in [0.4, 0.5) is 5.69 Å². The Kier molecular flexibility index (Phi) is 3.86. The van der Waals surface area contributed by atoms with Crippen LogP contribution in [0.3, 0.4) is 0 Å². The molecule has 0 radical (unpaired) electrons. The zero-order valence-electron chi connectivity index (χ0n) is 14.2. The van der Waals surface area contributed by atoms with E-state index in [-0.39, 0.29) is 6.04 Å². The molecule has 1 aliphatic rings. The highest BCUT2D eigenvalue weighted by Crippen LogP contribution is 2.41. The van der Waals surface area contributed by atoms with E-state index in [2.05, 4.69) is 60.5 Å². The first kappa shape index (κ1) is 15.6. The van der Waals surface area contributed by atoms with E-state index in [4.69, 9.17) is 10.8 Å². The zero-order valence-corrected chi connectivity index (χ0v) is 14.2. The maximum Gasteiger partial charge on any atom is 0.101 e. The van der Waals surface area contributed by atoms with Crippen molar-refractivity contribution in [1.29, 1.82) is 0 Å². The Morgan fingerprint density at radius 3 is 1.92 bits per heavy atom. The third-order valence-electron chi connectivity index (χ3n) is 4.71. The summed E-state index contributed by atoms with van der Waals surface area (Å²) < 4.78 is 0. The van der Waals surface area contributed by atoms with Gasteiger partial charge in [-0.15, -0.1) is 0 Å². The fourth-order valence-corrected chi connectivity index (χ4v) is 3.53. The Hall–Kier alpha value is -2.91. The molecule has 2 N–H and O–H groups in total. The molecule has 0 spiro atoms. The van der Waals surface area contributed by atoms with E-state index in [9.17, 15) is 0 Å². The average molecular weight is 327 g/mol. The third kappa shape index (κ3) is 2.73. The number of benzene rings is 3. The molecule has 0 fully saturated rings. The molecule has 0 amide bonds. The Morgan fingerprint density at radius 1 is 0.800 bits per heavy atom. The van der Waals surface area contributed by atoms with Crippen LogP contribution in [0.1, 0.15) is 24.1 Å². The predicted molar refractivity (Wildman–Crippen MR) is 104 cm³/mol. The first-order chi connectivity index (χ1) is 12.2. The summed E-state index contributed by atoms with van der Waals surface area (Å²) in [6, 6.07) is 30.7. The van der Waals surface area contributed by atoms with E-state index in [0.29, 0.717) is 0 Å². The summed E-state index contributed by atoms with van der Waals surface area (Å²) in [5.74, 6) is 0. The highest BCUT2D eigenvalue weighted by atomic mass is 15.5. The second-order valence-electron chi connectivity index (χ2n) is 6.59. The van der Waals surface area contributed by atoms with Gasteiger partial charge in [0.15, 0.2) is 0 Å². The van der Waals surface area contributed by atoms with E-state index in [1.807, 2.05) is 42.5 Å². The van der Waals surface area contributed by atoms with Gasteiger partial charge in [-0.25, -0.2) is 0 Å². The van der Waals surface area contributed by atoms with Crippen LogP contribution in [-0.4, -0.2) is 11.3 Å². The van der Waals surface area contributed by atoms with Crippen LogP contribution in [0, 0.1) is 0 Å². The molecule has 1 aliphatic heterocycles. The average Bonchev–Trinajstić information content (AvgIpc) is 2.95. The van der Waals surface area contributed by atoms with Gasteiger partial charge in [-0.1, -0.05) is 78.9 Å². The van der Waals surface area contributed by atoms with Gasteiger partial charge in [0.05, 0.1) is 16.9 Å². The SMILES string of the molecule is CC1(N)C(c2ccccc2)=NN(c2ccccc2)C1c1ccccc1. The number of hydrogen-bond acceptors (Lipinski definition) is 3. The molecule has 0 saturated heterocycles. The molecular weight excluding hydrogens is 306 g/mol. The van der Waals surface area contributed by atoms with Gasteiger partial charge >= 0.3 is 0 Å². The van der Waals surface area contributed by atoms with Gasteiger partial charge in [-0.05, 0) is 30.2 Å². The molecular formula is C22H21N3. The first-order valence-corrected chi connectivity index (χ1v) is 8.50. The number of para-hydroxylation sites is 1. The molecule has 0 aromatic heterocycles. The highest BCUT2D eigenvalue weighted by molar-refractivity contribution is 6.10. The molecule has 1 heterocycles. The summed E-state index contributed by atoms with van der Waals surface area (Å²) in [7, 11) is 0. The Morgan fingerprint density at radius 2 is 1.32 bits per heavy atom. The van der Waals surface area contributed by atoms with Crippen molar-refractivity contribution in [2.24, 2.45) is 10.8 Å². The van der Waals surface area contributed by atoms with Gasteiger partial charge in [0.25, 0.3) is 0 Å². The van der Waals surface area contributed by atoms with E-state index in [1.165, 1.54) is 0 Å². The standard InChI is InChI=1S/C22H21N3/c1-22(23)20(17-11-5-2-6-12-17)24-25(19-15-9-4-10-16-19)21(22)18-13-7-3-8-14-18/h2-16,21H,23H2,1H3. The quantitative estimate of drug-likeness (QED) is 0.776. The molecule has 0 saturated carbocycles. The van der Waals surface area contributed by atoms with Crippen LogP contribution in [0.2, 0.25) is 0 Å². The van der Waals surface area contributed by atoms with Crippen molar-refractivity contribution >= 4 is 11.4 Å². The fraction of sp³-hybridized carbons (Fsp3) is 0.136. The van der Waals surface area contributed by atoms with Crippen molar-refractivity contribution in [3.63, 3.8) is 0 Å². The summed E-state index contributed by atoms with van der Waals surface area (Å²) in [6.45, 7) is 2.07. The van der Waals surface area contributed by atoms with Gasteiger partial charge in [-0.2, -0.15) is 5.10 Å². The lowest BCUT2D eigenvalue weighted by Crippen LogP contribution is -2.49. The minimum atomic E-state index is -0.613. The van der Waals surface area contributed by atoms with Crippen molar-refractivity contribution in [2.45, 2.75) is 18.5 Å². The minimum Gasteiger partial charge on any atom is -0.318 e. The first-order valence-electron chi connectivity index (χ1n) is 8.50.